The van der Waals surface area contributed by atoms with Crippen molar-refractivity contribution < 1.29 is 9.15 Å². The van der Waals surface area contributed by atoms with Gasteiger partial charge in [-0.1, -0.05) is 30.3 Å². The summed E-state index contributed by atoms with van der Waals surface area (Å²) in [5.74, 6) is 1.51. The van der Waals surface area contributed by atoms with Crippen molar-refractivity contribution in [2.75, 3.05) is 39.3 Å². The Labute approximate surface area is 188 Å². The van der Waals surface area contributed by atoms with E-state index in [1.165, 1.54) is 38.0 Å². The first-order chi connectivity index (χ1) is 15.0. The van der Waals surface area contributed by atoms with Crippen LogP contribution in [0.5, 0.6) is 0 Å². The molecule has 0 saturated carbocycles. The predicted molar refractivity (Wildman–Crippen MR) is 126 cm³/mol. The van der Waals surface area contributed by atoms with Gasteiger partial charge >= 0.3 is 0 Å². The lowest BCUT2D eigenvalue weighted by Crippen LogP contribution is -2.51. The molecular formula is C27H40N2O2. The van der Waals surface area contributed by atoms with Gasteiger partial charge in [0.25, 0.3) is 0 Å². The van der Waals surface area contributed by atoms with Crippen molar-refractivity contribution in [2.24, 2.45) is 5.41 Å². The molecule has 31 heavy (non-hydrogen) atoms. The average Bonchev–Trinajstić information content (AvgIpc) is 3.45. The lowest BCUT2D eigenvalue weighted by Gasteiger charge is -2.47. The molecule has 1 aromatic heterocycles. The monoisotopic (exact) mass is 424 g/mol. The van der Waals surface area contributed by atoms with Gasteiger partial charge in [-0.05, 0) is 89.7 Å². The first kappa shape index (κ1) is 22.6. The summed E-state index contributed by atoms with van der Waals surface area (Å²) < 4.78 is 11.9. The van der Waals surface area contributed by atoms with E-state index in [-0.39, 0.29) is 5.60 Å². The summed E-state index contributed by atoms with van der Waals surface area (Å²) >= 11 is 0. The highest BCUT2D eigenvalue weighted by Crippen LogP contribution is 2.40. The molecule has 2 unspecified atom stereocenters. The van der Waals surface area contributed by atoms with E-state index in [0.29, 0.717) is 11.3 Å². The van der Waals surface area contributed by atoms with Crippen molar-refractivity contribution >= 4 is 0 Å². The topological polar surface area (TPSA) is 37.6 Å². The van der Waals surface area contributed by atoms with Gasteiger partial charge in [0, 0.05) is 31.0 Å². The van der Waals surface area contributed by atoms with Gasteiger partial charge < -0.3 is 19.4 Å². The third-order valence-corrected chi connectivity index (χ3v) is 7.12. The molecular weight excluding hydrogens is 384 g/mol. The summed E-state index contributed by atoms with van der Waals surface area (Å²) in [6.45, 7) is 11.2. The van der Waals surface area contributed by atoms with Crippen LogP contribution in [0.2, 0.25) is 0 Å². The number of furan rings is 1. The Bertz CT molecular complexity index is 768. The van der Waals surface area contributed by atoms with Crippen molar-refractivity contribution in [3.8, 4) is 0 Å². The van der Waals surface area contributed by atoms with Crippen LogP contribution in [0.25, 0.3) is 0 Å². The van der Waals surface area contributed by atoms with E-state index in [1.54, 1.807) is 6.26 Å². The molecule has 1 N–H and O–H groups in total. The Kier molecular flexibility index (Phi) is 7.52. The van der Waals surface area contributed by atoms with Crippen LogP contribution in [0.1, 0.15) is 63.2 Å². The molecule has 4 heteroatoms. The molecule has 2 fully saturated rings. The van der Waals surface area contributed by atoms with E-state index >= 15 is 0 Å². The Balaban J connectivity index is 1.35. The molecule has 3 heterocycles. The van der Waals surface area contributed by atoms with Crippen molar-refractivity contribution in [3.05, 3.63) is 60.1 Å². The van der Waals surface area contributed by atoms with E-state index < -0.39 is 0 Å². The normalized spacial score (nSPS) is 25.0. The summed E-state index contributed by atoms with van der Waals surface area (Å²) in [5, 5.41) is 3.86. The number of hydrogen-bond donors (Lipinski definition) is 1. The highest BCUT2D eigenvalue weighted by atomic mass is 16.5. The van der Waals surface area contributed by atoms with Gasteiger partial charge in [0.2, 0.25) is 0 Å². The minimum absolute atomic E-state index is 0.0241. The molecule has 4 rings (SSSR count). The highest BCUT2D eigenvalue weighted by molar-refractivity contribution is 5.19. The van der Waals surface area contributed by atoms with Crippen molar-refractivity contribution in [1.82, 2.24) is 10.2 Å². The molecule has 0 aliphatic carbocycles. The molecule has 0 radical (unpaired) electrons. The fourth-order valence-corrected chi connectivity index (χ4v) is 5.74. The number of benzene rings is 1. The van der Waals surface area contributed by atoms with Crippen LogP contribution in [0.3, 0.4) is 0 Å². The predicted octanol–water partition coefficient (Wildman–Crippen LogP) is 5.26. The Morgan fingerprint density at radius 3 is 2.58 bits per heavy atom. The molecule has 2 aromatic rings. The van der Waals surface area contributed by atoms with E-state index in [9.17, 15) is 0 Å². The van der Waals surface area contributed by atoms with E-state index in [2.05, 4.69) is 60.5 Å². The van der Waals surface area contributed by atoms with Crippen LogP contribution in [0.4, 0.5) is 0 Å². The van der Waals surface area contributed by atoms with Gasteiger partial charge in [-0.25, -0.2) is 0 Å². The zero-order valence-electron chi connectivity index (χ0n) is 19.4. The van der Waals surface area contributed by atoms with Crippen LogP contribution in [0, 0.1) is 5.41 Å². The molecule has 2 aliphatic heterocycles. The number of likely N-dealkylation sites (tertiary alicyclic amines) is 1. The fourth-order valence-electron chi connectivity index (χ4n) is 5.74. The Morgan fingerprint density at radius 2 is 1.87 bits per heavy atom. The van der Waals surface area contributed by atoms with E-state index in [4.69, 9.17) is 9.15 Å². The molecule has 1 aromatic carbocycles. The van der Waals surface area contributed by atoms with Crippen LogP contribution in [-0.2, 0) is 11.2 Å². The first-order valence-corrected chi connectivity index (χ1v) is 12.2. The zero-order valence-corrected chi connectivity index (χ0v) is 19.4. The van der Waals surface area contributed by atoms with Crippen LogP contribution in [-0.4, -0.2) is 49.8 Å². The summed E-state index contributed by atoms with van der Waals surface area (Å²) in [5.41, 5.74) is 1.66. The van der Waals surface area contributed by atoms with Gasteiger partial charge in [0.15, 0.2) is 0 Å². The quantitative estimate of drug-likeness (QED) is 0.528. The number of nitrogens with one attached hydrogen (secondary N) is 1. The van der Waals surface area contributed by atoms with Gasteiger partial charge in [-0.2, -0.15) is 0 Å². The van der Waals surface area contributed by atoms with Gasteiger partial charge in [0.1, 0.15) is 5.76 Å². The fraction of sp³-hybridized carbons (Fsp3) is 0.630. The molecule has 2 saturated heterocycles. The summed E-state index contributed by atoms with van der Waals surface area (Å²) in [6.07, 6.45) is 8.91. The van der Waals surface area contributed by atoms with E-state index in [1.807, 2.05) is 6.07 Å². The highest BCUT2D eigenvalue weighted by Gasteiger charge is 2.42. The van der Waals surface area contributed by atoms with Gasteiger partial charge in [-0.3, -0.25) is 0 Å². The molecule has 170 valence electrons. The number of hydrogen-bond acceptors (Lipinski definition) is 4. The lowest BCUT2D eigenvalue weighted by molar-refractivity contribution is -0.110. The molecule has 2 aliphatic rings. The van der Waals surface area contributed by atoms with Crippen LogP contribution < -0.4 is 5.32 Å². The van der Waals surface area contributed by atoms with Gasteiger partial charge in [-0.15, -0.1) is 0 Å². The van der Waals surface area contributed by atoms with Crippen molar-refractivity contribution in [2.45, 2.75) is 63.9 Å². The smallest absolute Gasteiger partial charge is 0.107 e. The summed E-state index contributed by atoms with van der Waals surface area (Å²) in [7, 11) is 0. The second-order valence-corrected chi connectivity index (χ2v) is 10.4. The summed E-state index contributed by atoms with van der Waals surface area (Å²) in [6, 6.07) is 14.9. The first-order valence-electron chi connectivity index (χ1n) is 12.2. The molecule has 0 spiro atoms. The van der Waals surface area contributed by atoms with Crippen molar-refractivity contribution in [3.63, 3.8) is 0 Å². The van der Waals surface area contributed by atoms with Crippen LogP contribution in [0.15, 0.2) is 53.1 Å². The minimum atomic E-state index is -0.0241. The molecule has 2 atom stereocenters. The van der Waals surface area contributed by atoms with E-state index in [0.717, 1.165) is 51.1 Å². The maximum Gasteiger partial charge on any atom is 0.107 e. The lowest BCUT2D eigenvalue weighted by atomic mass is 9.73. The average molecular weight is 425 g/mol. The zero-order chi connectivity index (χ0) is 21.6. The second-order valence-electron chi connectivity index (χ2n) is 10.4. The molecule has 0 amide bonds. The molecule has 0 bridgehead atoms. The Morgan fingerprint density at radius 1 is 1.06 bits per heavy atom. The number of ether oxygens (including phenoxy) is 1. The maximum absolute atomic E-state index is 6.09. The minimum Gasteiger partial charge on any atom is -0.469 e. The number of rotatable bonds is 10. The number of nitrogens with zero attached hydrogens (tertiary/aromatic N) is 1. The SMILES string of the molecule is CC1(C)CC(CNCCC(Cc2ccccc2)c2ccco2)(CN2CCCC2)CCO1. The Hall–Kier alpha value is -1.62. The molecule has 4 nitrogen and oxygen atoms in total. The largest absolute Gasteiger partial charge is 0.469 e. The maximum atomic E-state index is 6.09. The standard InChI is InChI=1S/C27H40N2O2/c1-26(2)20-27(13-18-31-26,22-29-15-6-7-16-29)21-28-14-12-24(25-11-8-17-30-25)19-23-9-4-3-5-10-23/h3-5,8-11,17,24,28H,6-7,12-16,18-22H2,1-2H3. The van der Waals surface area contributed by atoms with Crippen LogP contribution >= 0.6 is 0 Å². The third-order valence-electron chi connectivity index (χ3n) is 7.12. The van der Waals surface area contributed by atoms with Gasteiger partial charge in [0.05, 0.1) is 11.9 Å². The van der Waals surface area contributed by atoms with Crippen molar-refractivity contribution in [1.29, 1.82) is 0 Å². The second kappa shape index (κ2) is 10.3. The summed E-state index contributed by atoms with van der Waals surface area (Å²) in [4.78, 5) is 2.68. The third kappa shape index (κ3) is 6.44.